The Morgan fingerprint density at radius 1 is 1.26 bits per heavy atom. The monoisotopic (exact) mass is 396 g/mol. The van der Waals surface area contributed by atoms with Gasteiger partial charge in [0.25, 0.3) is 0 Å². The van der Waals surface area contributed by atoms with E-state index in [1.807, 2.05) is 20.9 Å². The van der Waals surface area contributed by atoms with Crippen molar-refractivity contribution in [3.05, 3.63) is 39.9 Å². The number of hydrogen-bond donors (Lipinski definition) is 1. The Hall–Kier alpha value is -1.44. The van der Waals surface area contributed by atoms with Crippen LogP contribution in [-0.4, -0.2) is 60.3 Å². The number of thioether (sulfide) groups is 1. The predicted octanol–water partition coefficient (Wildman–Crippen LogP) is 3.61. The first kappa shape index (κ1) is 23.6. The van der Waals surface area contributed by atoms with Crippen molar-refractivity contribution in [3.8, 4) is 0 Å². The van der Waals surface area contributed by atoms with Crippen LogP contribution in [0.5, 0.6) is 0 Å². The minimum Gasteiger partial charge on any atom is -0.326 e. The molecule has 0 spiro atoms. The number of rotatable bonds is 3. The summed E-state index contributed by atoms with van der Waals surface area (Å²) in [6, 6.07) is 4.15. The first-order valence-electron chi connectivity index (χ1n) is 9.31. The molecule has 1 aromatic heterocycles. The molecule has 2 aliphatic rings. The van der Waals surface area contributed by atoms with Crippen LogP contribution in [0.25, 0.3) is 0 Å². The molecule has 1 fully saturated rings. The molecule has 0 saturated carbocycles. The number of nitrogens with one attached hydrogen (secondary N) is 1. The summed E-state index contributed by atoms with van der Waals surface area (Å²) >= 11 is 1.59. The number of aldehydes is 1. The first-order valence-corrected chi connectivity index (χ1v) is 10.2. The van der Waals surface area contributed by atoms with Crippen LogP contribution in [0.1, 0.15) is 36.7 Å². The highest BCUT2D eigenvalue weighted by Gasteiger charge is 2.30. The van der Waals surface area contributed by atoms with Crippen molar-refractivity contribution in [1.82, 2.24) is 20.1 Å². The lowest BCUT2D eigenvalue weighted by Crippen LogP contribution is -2.33. The van der Waals surface area contributed by atoms with Gasteiger partial charge in [-0.1, -0.05) is 11.8 Å². The molecule has 1 N–H and O–H groups in total. The van der Waals surface area contributed by atoms with Gasteiger partial charge in [-0.3, -0.25) is 15.2 Å². The summed E-state index contributed by atoms with van der Waals surface area (Å²) in [4.78, 5) is 17.9. The van der Waals surface area contributed by atoms with E-state index in [0.717, 1.165) is 42.2 Å². The minimum atomic E-state index is -0.0637. The lowest BCUT2D eigenvalue weighted by atomic mass is 10.2. The number of halogens is 1. The van der Waals surface area contributed by atoms with Gasteiger partial charge in [-0.15, -0.1) is 0 Å². The molecule has 2 aliphatic heterocycles. The van der Waals surface area contributed by atoms with E-state index in [4.69, 9.17) is 4.79 Å². The number of hydrogen-bond acceptors (Lipinski definition) is 6. The average Bonchev–Trinajstić information content (AvgIpc) is 3.19. The molecule has 0 aliphatic carbocycles. The molecule has 1 saturated heterocycles. The molecule has 0 amide bonds. The zero-order chi connectivity index (χ0) is 20.4. The van der Waals surface area contributed by atoms with Crippen molar-refractivity contribution in [3.63, 3.8) is 0 Å². The molecule has 3 heterocycles. The number of pyridine rings is 1. The maximum absolute atomic E-state index is 13.8. The van der Waals surface area contributed by atoms with Crippen molar-refractivity contribution >= 4 is 18.0 Å². The Morgan fingerprint density at radius 3 is 2.19 bits per heavy atom. The van der Waals surface area contributed by atoms with E-state index in [0.29, 0.717) is 0 Å². The van der Waals surface area contributed by atoms with E-state index < -0.39 is 0 Å². The first-order chi connectivity index (χ1) is 12.8. The quantitative estimate of drug-likeness (QED) is 0.622. The van der Waals surface area contributed by atoms with Crippen molar-refractivity contribution in [2.75, 3.05) is 33.7 Å². The lowest BCUT2D eigenvalue weighted by molar-refractivity contribution is -0.106. The smallest absolute Gasteiger partial charge is 0.202 e. The Labute approximate surface area is 167 Å². The molecule has 7 heteroatoms. The topological polar surface area (TPSA) is 48.5 Å². The van der Waals surface area contributed by atoms with Gasteiger partial charge in [0.2, 0.25) is 5.95 Å². The van der Waals surface area contributed by atoms with Gasteiger partial charge < -0.3 is 9.69 Å². The van der Waals surface area contributed by atoms with E-state index in [1.165, 1.54) is 25.3 Å². The highest BCUT2D eigenvalue weighted by atomic mass is 32.2. The largest absolute Gasteiger partial charge is 0.326 e. The van der Waals surface area contributed by atoms with Crippen LogP contribution < -0.4 is 5.32 Å². The van der Waals surface area contributed by atoms with Gasteiger partial charge in [-0.05, 0) is 78.4 Å². The number of carbonyl (C=O) groups excluding carboxylic acids is 1. The summed E-state index contributed by atoms with van der Waals surface area (Å²) in [7, 11) is 3.65. The van der Waals surface area contributed by atoms with Gasteiger partial charge in [-0.25, -0.2) is 0 Å². The standard InChI is InChI=1S/C10H18FN3S.C8H11N.C2H4O/c1-12-10-13(2)9(11)8(15-10)7-14-5-3-4-6-14;1-6-4-7(2)9-8(3)5-6;1-2-3/h10,12H,3-7H2,1-2H3;4-5H,1-3H3;2H,1H3. The third-order valence-electron chi connectivity index (χ3n) is 4.18. The van der Waals surface area contributed by atoms with Crippen LogP contribution in [0.4, 0.5) is 4.39 Å². The van der Waals surface area contributed by atoms with Crippen molar-refractivity contribution in [2.24, 2.45) is 0 Å². The second-order valence-electron chi connectivity index (χ2n) is 6.73. The lowest BCUT2D eigenvalue weighted by Gasteiger charge is -2.19. The third-order valence-corrected chi connectivity index (χ3v) is 5.54. The van der Waals surface area contributed by atoms with Gasteiger partial charge in [0.15, 0.2) is 0 Å². The van der Waals surface area contributed by atoms with E-state index in [2.05, 4.69) is 34.3 Å². The van der Waals surface area contributed by atoms with E-state index in [1.54, 1.807) is 23.7 Å². The normalized spacial score (nSPS) is 19.4. The van der Waals surface area contributed by atoms with Crippen molar-refractivity contribution in [1.29, 1.82) is 0 Å². The second-order valence-corrected chi connectivity index (χ2v) is 7.91. The summed E-state index contributed by atoms with van der Waals surface area (Å²) in [5, 5.41) is 3.09. The second kappa shape index (κ2) is 12.1. The zero-order valence-corrected chi connectivity index (χ0v) is 18.2. The van der Waals surface area contributed by atoms with E-state index in [-0.39, 0.29) is 11.4 Å². The highest BCUT2D eigenvalue weighted by molar-refractivity contribution is 8.03. The maximum Gasteiger partial charge on any atom is 0.202 e. The third kappa shape index (κ3) is 7.99. The molecule has 152 valence electrons. The van der Waals surface area contributed by atoms with Crippen LogP contribution in [0.15, 0.2) is 23.0 Å². The number of aromatic nitrogens is 1. The molecule has 1 unspecified atom stereocenters. The van der Waals surface area contributed by atoms with Gasteiger partial charge in [0, 0.05) is 25.0 Å². The summed E-state index contributed by atoms with van der Waals surface area (Å²) < 4.78 is 13.8. The molecular formula is C20H33FN4OS. The van der Waals surface area contributed by atoms with Crippen LogP contribution in [-0.2, 0) is 4.79 Å². The van der Waals surface area contributed by atoms with Crippen LogP contribution in [0, 0.1) is 20.8 Å². The van der Waals surface area contributed by atoms with Gasteiger partial charge in [0.1, 0.15) is 11.8 Å². The van der Waals surface area contributed by atoms with Gasteiger partial charge >= 0.3 is 0 Å². The summed E-state index contributed by atoms with van der Waals surface area (Å²) in [5.74, 6) is -0.0637. The van der Waals surface area contributed by atoms with Crippen LogP contribution in [0.2, 0.25) is 0 Å². The van der Waals surface area contributed by atoms with Crippen LogP contribution >= 0.6 is 11.8 Å². The molecule has 1 aromatic rings. The Morgan fingerprint density at radius 2 is 1.78 bits per heavy atom. The molecule has 3 rings (SSSR count). The van der Waals surface area contributed by atoms with Crippen molar-refractivity contribution < 1.29 is 9.18 Å². The zero-order valence-electron chi connectivity index (χ0n) is 17.4. The number of likely N-dealkylation sites (tertiary alicyclic amines) is 1. The van der Waals surface area contributed by atoms with Crippen molar-refractivity contribution in [2.45, 2.75) is 46.0 Å². The fraction of sp³-hybridized carbons (Fsp3) is 0.600. The summed E-state index contributed by atoms with van der Waals surface area (Å²) in [5.41, 5.74) is 3.56. The fourth-order valence-electron chi connectivity index (χ4n) is 3.10. The molecule has 0 radical (unpaired) electrons. The number of carbonyl (C=O) groups is 1. The summed E-state index contributed by atoms with van der Waals surface area (Å²) in [6.45, 7) is 10.6. The molecule has 1 atom stereocenters. The maximum atomic E-state index is 13.8. The Balaban J connectivity index is 0.000000259. The van der Waals surface area contributed by atoms with Crippen LogP contribution in [0.3, 0.4) is 0 Å². The fourth-order valence-corrected chi connectivity index (χ4v) is 4.24. The predicted molar refractivity (Wildman–Crippen MR) is 112 cm³/mol. The highest BCUT2D eigenvalue weighted by Crippen LogP contribution is 2.36. The minimum absolute atomic E-state index is 0.0580. The molecule has 27 heavy (non-hydrogen) atoms. The van der Waals surface area contributed by atoms with E-state index >= 15 is 0 Å². The van der Waals surface area contributed by atoms with Gasteiger partial charge in [-0.2, -0.15) is 4.39 Å². The average molecular weight is 397 g/mol. The SMILES string of the molecule is CC=O.CNC1SC(CN2CCCC2)=C(F)N1C.Cc1cc(C)nc(C)c1. The molecule has 5 nitrogen and oxygen atoms in total. The van der Waals surface area contributed by atoms with E-state index in [9.17, 15) is 4.39 Å². The summed E-state index contributed by atoms with van der Waals surface area (Å²) in [6.07, 6.45) is 3.26. The number of aryl methyl sites for hydroxylation is 3. The molecular weight excluding hydrogens is 363 g/mol. The molecule has 0 aromatic carbocycles. The van der Waals surface area contributed by atoms with Gasteiger partial charge in [0.05, 0.1) is 4.91 Å². The Kier molecular flexibility index (Phi) is 10.6. The number of nitrogens with zero attached hydrogens (tertiary/aromatic N) is 3. The molecule has 0 bridgehead atoms. The Bertz CT molecular complexity index is 582.